The lowest BCUT2D eigenvalue weighted by Crippen LogP contribution is -2.11. The van der Waals surface area contributed by atoms with Crippen LogP contribution in [0.15, 0.2) is 35.2 Å². The molecule has 6 heteroatoms. The summed E-state index contributed by atoms with van der Waals surface area (Å²) < 4.78 is 29.8. The van der Waals surface area contributed by atoms with Crippen molar-refractivity contribution in [3.63, 3.8) is 0 Å². The maximum absolute atomic E-state index is 12.2. The summed E-state index contributed by atoms with van der Waals surface area (Å²) in [6, 6.07) is 8.68. The van der Waals surface area contributed by atoms with Crippen molar-refractivity contribution in [2.24, 2.45) is 0 Å². The van der Waals surface area contributed by atoms with E-state index >= 15 is 0 Å². The van der Waals surface area contributed by atoms with Gasteiger partial charge in [-0.15, -0.1) is 5.10 Å². The van der Waals surface area contributed by atoms with Crippen molar-refractivity contribution in [1.82, 2.24) is 10.2 Å². The van der Waals surface area contributed by atoms with E-state index in [1.165, 1.54) is 0 Å². The fraction of sp³-hybridized carbons (Fsp3) is 0.375. The van der Waals surface area contributed by atoms with Crippen molar-refractivity contribution in [3.8, 4) is 5.88 Å². The van der Waals surface area contributed by atoms with Gasteiger partial charge in [0.1, 0.15) is 0 Å². The topological polar surface area (TPSA) is 69.2 Å². The van der Waals surface area contributed by atoms with E-state index in [0.29, 0.717) is 23.8 Å². The molecule has 0 aliphatic carbocycles. The van der Waals surface area contributed by atoms with Gasteiger partial charge in [-0.2, -0.15) is 5.10 Å². The predicted octanol–water partition coefficient (Wildman–Crippen LogP) is 2.64. The Morgan fingerprint density at radius 1 is 1.05 bits per heavy atom. The van der Waals surface area contributed by atoms with E-state index in [4.69, 9.17) is 4.74 Å². The van der Waals surface area contributed by atoms with Crippen molar-refractivity contribution in [1.29, 1.82) is 0 Å². The second-order valence-electron chi connectivity index (χ2n) is 5.28. The summed E-state index contributed by atoms with van der Waals surface area (Å²) in [7, 11) is -3.26. The van der Waals surface area contributed by atoms with Gasteiger partial charge in [0, 0.05) is 6.07 Å². The molecule has 0 radical (unpaired) electrons. The quantitative estimate of drug-likeness (QED) is 0.765. The van der Waals surface area contributed by atoms with Gasteiger partial charge in [0.05, 0.1) is 22.9 Å². The predicted molar refractivity (Wildman–Crippen MR) is 84.8 cm³/mol. The van der Waals surface area contributed by atoms with E-state index in [0.717, 1.165) is 16.8 Å². The van der Waals surface area contributed by atoms with Crippen molar-refractivity contribution in [2.45, 2.75) is 32.1 Å². The van der Waals surface area contributed by atoms with E-state index in [2.05, 4.69) is 10.2 Å². The molecule has 0 N–H and O–H groups in total. The lowest BCUT2D eigenvalue weighted by Gasteiger charge is -2.07. The van der Waals surface area contributed by atoms with Gasteiger partial charge in [-0.05, 0) is 44.9 Å². The van der Waals surface area contributed by atoms with Crippen LogP contribution in [0.3, 0.4) is 0 Å². The van der Waals surface area contributed by atoms with Crippen LogP contribution in [0.1, 0.15) is 23.2 Å². The molecule has 0 bridgehead atoms. The van der Waals surface area contributed by atoms with Crippen LogP contribution in [-0.2, 0) is 9.84 Å². The SMILES string of the molecule is Cc1ccc(S(=O)(=O)CCCOc2cc(C)c(C)nn2)cc1. The van der Waals surface area contributed by atoms with Crippen molar-refractivity contribution < 1.29 is 13.2 Å². The van der Waals surface area contributed by atoms with Crippen LogP contribution in [0.25, 0.3) is 0 Å². The lowest BCUT2D eigenvalue weighted by atomic mass is 10.2. The summed E-state index contributed by atoms with van der Waals surface area (Å²) in [6.45, 7) is 6.02. The van der Waals surface area contributed by atoms with E-state index in [1.807, 2.05) is 20.8 Å². The monoisotopic (exact) mass is 320 g/mol. The molecule has 1 aromatic carbocycles. The Balaban J connectivity index is 1.87. The minimum absolute atomic E-state index is 0.0499. The molecule has 2 rings (SSSR count). The minimum Gasteiger partial charge on any atom is -0.477 e. The number of nitrogens with zero attached hydrogens (tertiary/aromatic N) is 2. The molecular weight excluding hydrogens is 300 g/mol. The molecule has 0 saturated carbocycles. The first kappa shape index (κ1) is 16.4. The maximum Gasteiger partial charge on any atom is 0.233 e. The van der Waals surface area contributed by atoms with E-state index in [9.17, 15) is 8.42 Å². The first-order chi connectivity index (χ1) is 10.4. The molecular formula is C16H20N2O3S. The fourth-order valence-corrected chi connectivity index (χ4v) is 3.17. The van der Waals surface area contributed by atoms with Crippen molar-refractivity contribution in [3.05, 3.63) is 47.2 Å². The number of aromatic nitrogens is 2. The second-order valence-corrected chi connectivity index (χ2v) is 7.39. The Morgan fingerprint density at radius 2 is 1.73 bits per heavy atom. The van der Waals surface area contributed by atoms with E-state index in [-0.39, 0.29) is 5.75 Å². The van der Waals surface area contributed by atoms with Gasteiger partial charge in [0.2, 0.25) is 5.88 Å². The van der Waals surface area contributed by atoms with Gasteiger partial charge in [-0.25, -0.2) is 8.42 Å². The summed E-state index contributed by atoms with van der Waals surface area (Å²) in [5, 5.41) is 7.89. The highest BCUT2D eigenvalue weighted by atomic mass is 32.2. The average molecular weight is 320 g/mol. The van der Waals surface area contributed by atoms with Crippen LogP contribution in [0, 0.1) is 20.8 Å². The number of aryl methyl sites for hydroxylation is 3. The Labute approximate surface area is 131 Å². The number of hydrogen-bond donors (Lipinski definition) is 0. The number of ether oxygens (including phenoxy) is 1. The van der Waals surface area contributed by atoms with Gasteiger partial charge < -0.3 is 4.74 Å². The van der Waals surface area contributed by atoms with Crippen molar-refractivity contribution in [2.75, 3.05) is 12.4 Å². The first-order valence-electron chi connectivity index (χ1n) is 7.11. The molecule has 22 heavy (non-hydrogen) atoms. The van der Waals surface area contributed by atoms with Gasteiger partial charge in [-0.1, -0.05) is 17.7 Å². The molecule has 1 aromatic heterocycles. The summed E-state index contributed by atoms with van der Waals surface area (Å²) in [5.41, 5.74) is 2.89. The zero-order valence-electron chi connectivity index (χ0n) is 13.0. The number of hydrogen-bond acceptors (Lipinski definition) is 5. The lowest BCUT2D eigenvalue weighted by molar-refractivity contribution is 0.301. The van der Waals surface area contributed by atoms with Crippen LogP contribution in [0.2, 0.25) is 0 Å². The molecule has 0 spiro atoms. The smallest absolute Gasteiger partial charge is 0.233 e. The first-order valence-corrected chi connectivity index (χ1v) is 8.77. The Morgan fingerprint density at radius 3 is 2.36 bits per heavy atom. The second kappa shape index (κ2) is 6.87. The number of sulfone groups is 1. The molecule has 5 nitrogen and oxygen atoms in total. The zero-order valence-corrected chi connectivity index (χ0v) is 13.9. The third-order valence-corrected chi connectivity index (χ3v) is 5.21. The average Bonchev–Trinajstić information content (AvgIpc) is 2.48. The van der Waals surface area contributed by atoms with Gasteiger partial charge in [0.25, 0.3) is 0 Å². The van der Waals surface area contributed by atoms with Crippen molar-refractivity contribution >= 4 is 9.84 Å². The number of rotatable bonds is 6. The van der Waals surface area contributed by atoms with Crippen LogP contribution in [-0.4, -0.2) is 31.0 Å². The van der Waals surface area contributed by atoms with Crippen LogP contribution < -0.4 is 4.74 Å². The van der Waals surface area contributed by atoms with Crippen LogP contribution >= 0.6 is 0 Å². The normalized spacial score (nSPS) is 11.4. The molecule has 0 unspecified atom stereocenters. The zero-order chi connectivity index (χ0) is 16.2. The highest BCUT2D eigenvalue weighted by Crippen LogP contribution is 2.14. The van der Waals surface area contributed by atoms with Gasteiger partial charge in [-0.3, -0.25) is 0 Å². The fourth-order valence-electron chi connectivity index (χ4n) is 1.88. The molecule has 0 saturated heterocycles. The molecule has 0 fully saturated rings. The third-order valence-electron chi connectivity index (χ3n) is 3.40. The molecule has 0 atom stereocenters. The Bertz CT molecular complexity index is 740. The molecule has 118 valence electrons. The molecule has 2 aromatic rings. The minimum atomic E-state index is -3.26. The molecule has 0 aliphatic rings. The van der Waals surface area contributed by atoms with Gasteiger partial charge >= 0.3 is 0 Å². The molecule has 0 amide bonds. The summed E-state index contributed by atoms with van der Waals surface area (Å²) >= 11 is 0. The Hall–Kier alpha value is -1.95. The van der Waals surface area contributed by atoms with E-state index in [1.54, 1.807) is 30.3 Å². The molecule has 0 aliphatic heterocycles. The largest absolute Gasteiger partial charge is 0.477 e. The summed E-state index contributed by atoms with van der Waals surface area (Å²) in [5.74, 6) is 0.477. The Kier molecular flexibility index (Phi) is 5.13. The highest BCUT2D eigenvalue weighted by molar-refractivity contribution is 7.91. The van der Waals surface area contributed by atoms with E-state index < -0.39 is 9.84 Å². The highest BCUT2D eigenvalue weighted by Gasteiger charge is 2.13. The maximum atomic E-state index is 12.2. The van der Waals surface area contributed by atoms with Gasteiger partial charge in [0.15, 0.2) is 9.84 Å². The third kappa shape index (κ3) is 4.27. The van der Waals surface area contributed by atoms with Crippen LogP contribution in [0.4, 0.5) is 0 Å². The summed E-state index contributed by atoms with van der Waals surface area (Å²) in [4.78, 5) is 0.351. The number of benzene rings is 1. The van der Waals surface area contributed by atoms with Crippen LogP contribution in [0.5, 0.6) is 5.88 Å². The summed E-state index contributed by atoms with van der Waals surface area (Å²) in [6.07, 6.45) is 0.408. The standard InChI is InChI=1S/C16H20N2O3S/c1-12-5-7-15(8-6-12)22(19,20)10-4-9-21-16-11-13(2)14(3)17-18-16/h5-8,11H,4,9-10H2,1-3H3. The molecule has 1 heterocycles.